The number of hydrogen-bond acceptors (Lipinski definition) is 4. The van der Waals surface area contributed by atoms with E-state index in [4.69, 9.17) is 5.73 Å². The molecule has 0 bridgehead atoms. The smallest absolute Gasteiger partial charge is 0.307 e. The standard InChI is InChI=1S/C15H28N2O3/c1-3-4-5-6-12-7-9-17(10-8-12)15(19)13(16)11-14(18)20-2/h12-13H,3-11,16H2,1-2H3. The molecule has 0 radical (unpaired) electrons. The third-order valence-electron chi connectivity index (χ3n) is 4.07. The Hall–Kier alpha value is -1.10. The highest BCUT2D eigenvalue weighted by atomic mass is 16.5. The lowest BCUT2D eigenvalue weighted by Crippen LogP contribution is -2.48. The van der Waals surface area contributed by atoms with E-state index in [2.05, 4.69) is 11.7 Å². The van der Waals surface area contributed by atoms with Gasteiger partial charge < -0.3 is 15.4 Å². The summed E-state index contributed by atoms with van der Waals surface area (Å²) in [6.07, 6.45) is 7.18. The largest absolute Gasteiger partial charge is 0.469 e. The summed E-state index contributed by atoms with van der Waals surface area (Å²) in [6.45, 7) is 3.75. The Balaban J connectivity index is 2.29. The van der Waals surface area contributed by atoms with E-state index in [1.54, 1.807) is 4.90 Å². The van der Waals surface area contributed by atoms with Gasteiger partial charge in [0.25, 0.3) is 0 Å². The topological polar surface area (TPSA) is 72.6 Å². The van der Waals surface area contributed by atoms with Crippen molar-refractivity contribution in [2.24, 2.45) is 11.7 Å². The fraction of sp³-hybridized carbons (Fsp3) is 0.867. The van der Waals surface area contributed by atoms with E-state index in [-0.39, 0.29) is 12.3 Å². The quantitative estimate of drug-likeness (QED) is 0.570. The average molecular weight is 284 g/mol. The normalized spacial score (nSPS) is 17.9. The van der Waals surface area contributed by atoms with Crippen LogP contribution in [0.25, 0.3) is 0 Å². The minimum atomic E-state index is -0.765. The number of ether oxygens (including phenoxy) is 1. The molecule has 1 atom stereocenters. The van der Waals surface area contributed by atoms with Crippen LogP contribution in [0.3, 0.4) is 0 Å². The Morgan fingerprint density at radius 3 is 2.50 bits per heavy atom. The maximum absolute atomic E-state index is 12.1. The summed E-state index contributed by atoms with van der Waals surface area (Å²) >= 11 is 0. The molecule has 1 fully saturated rings. The summed E-state index contributed by atoms with van der Waals surface area (Å²) in [7, 11) is 1.31. The molecule has 2 N–H and O–H groups in total. The average Bonchev–Trinajstić information content (AvgIpc) is 2.47. The minimum absolute atomic E-state index is 0.0360. The van der Waals surface area contributed by atoms with Crippen molar-refractivity contribution in [1.82, 2.24) is 4.90 Å². The van der Waals surface area contributed by atoms with Gasteiger partial charge in [0.2, 0.25) is 5.91 Å². The van der Waals surface area contributed by atoms with Crippen molar-refractivity contribution in [3.63, 3.8) is 0 Å². The van der Waals surface area contributed by atoms with Crippen LogP contribution in [0.1, 0.15) is 51.9 Å². The number of likely N-dealkylation sites (tertiary alicyclic amines) is 1. The lowest BCUT2D eigenvalue weighted by molar-refractivity contribution is -0.145. The molecule has 0 aromatic carbocycles. The van der Waals surface area contributed by atoms with Crippen LogP contribution in [0.2, 0.25) is 0 Å². The van der Waals surface area contributed by atoms with Crippen molar-refractivity contribution < 1.29 is 14.3 Å². The molecule has 1 heterocycles. The Kier molecular flexibility index (Phi) is 7.59. The number of nitrogens with two attached hydrogens (primary N) is 1. The zero-order chi connectivity index (χ0) is 15.0. The van der Waals surface area contributed by atoms with Gasteiger partial charge in [-0.05, 0) is 18.8 Å². The fourth-order valence-electron chi connectivity index (χ4n) is 2.71. The Bertz CT molecular complexity index is 312. The van der Waals surface area contributed by atoms with Crippen LogP contribution in [0.15, 0.2) is 0 Å². The lowest BCUT2D eigenvalue weighted by Gasteiger charge is -2.33. The minimum Gasteiger partial charge on any atom is -0.469 e. The highest BCUT2D eigenvalue weighted by Gasteiger charge is 2.27. The van der Waals surface area contributed by atoms with Crippen molar-refractivity contribution >= 4 is 11.9 Å². The highest BCUT2D eigenvalue weighted by Crippen LogP contribution is 2.23. The van der Waals surface area contributed by atoms with Crippen LogP contribution >= 0.6 is 0 Å². The third-order valence-corrected chi connectivity index (χ3v) is 4.07. The van der Waals surface area contributed by atoms with Crippen LogP contribution in [-0.2, 0) is 14.3 Å². The number of carbonyl (C=O) groups is 2. The number of amides is 1. The number of piperidine rings is 1. The van der Waals surface area contributed by atoms with Gasteiger partial charge in [-0.25, -0.2) is 0 Å². The molecule has 1 aliphatic heterocycles. The zero-order valence-corrected chi connectivity index (χ0v) is 12.8. The molecule has 0 aliphatic carbocycles. The molecule has 5 nitrogen and oxygen atoms in total. The van der Waals surface area contributed by atoms with E-state index in [1.807, 2.05) is 0 Å². The van der Waals surface area contributed by atoms with Crippen molar-refractivity contribution in [2.75, 3.05) is 20.2 Å². The maximum Gasteiger partial charge on any atom is 0.307 e. The van der Waals surface area contributed by atoms with Crippen LogP contribution in [0, 0.1) is 5.92 Å². The van der Waals surface area contributed by atoms with E-state index in [0.717, 1.165) is 31.8 Å². The first-order valence-electron chi connectivity index (χ1n) is 7.69. The molecular weight excluding hydrogens is 256 g/mol. The van der Waals surface area contributed by atoms with Crippen molar-refractivity contribution in [3.8, 4) is 0 Å². The SMILES string of the molecule is CCCCCC1CCN(C(=O)C(N)CC(=O)OC)CC1. The summed E-state index contributed by atoms with van der Waals surface area (Å²) in [6, 6.07) is -0.765. The number of carbonyl (C=O) groups excluding carboxylic acids is 2. The molecular formula is C15H28N2O3. The molecule has 5 heteroatoms. The van der Waals surface area contributed by atoms with Gasteiger partial charge in [0.1, 0.15) is 0 Å². The van der Waals surface area contributed by atoms with Crippen LogP contribution < -0.4 is 5.73 Å². The first kappa shape index (κ1) is 17.0. The molecule has 1 unspecified atom stereocenters. The van der Waals surface area contributed by atoms with E-state index in [9.17, 15) is 9.59 Å². The molecule has 1 amide bonds. The number of rotatable bonds is 7. The van der Waals surface area contributed by atoms with Gasteiger partial charge >= 0.3 is 5.97 Å². The predicted octanol–water partition coefficient (Wildman–Crippen LogP) is 1.70. The molecule has 1 saturated heterocycles. The Labute approximate surface area is 121 Å². The number of hydrogen-bond donors (Lipinski definition) is 1. The molecule has 1 rings (SSSR count). The first-order valence-corrected chi connectivity index (χ1v) is 7.69. The van der Waals surface area contributed by atoms with E-state index >= 15 is 0 Å². The molecule has 1 aliphatic rings. The van der Waals surface area contributed by atoms with Gasteiger partial charge in [-0.2, -0.15) is 0 Å². The molecule has 0 aromatic rings. The summed E-state index contributed by atoms with van der Waals surface area (Å²) in [5, 5.41) is 0. The van der Waals surface area contributed by atoms with Crippen LogP contribution in [0.4, 0.5) is 0 Å². The molecule has 116 valence electrons. The second kappa shape index (κ2) is 8.95. The lowest BCUT2D eigenvalue weighted by atomic mass is 9.91. The number of esters is 1. The molecule has 0 aromatic heterocycles. The van der Waals surface area contributed by atoms with Gasteiger partial charge in [-0.15, -0.1) is 0 Å². The third kappa shape index (κ3) is 5.49. The molecule has 0 saturated carbocycles. The van der Waals surface area contributed by atoms with Crippen molar-refractivity contribution in [2.45, 2.75) is 57.9 Å². The van der Waals surface area contributed by atoms with Gasteiger partial charge in [-0.3, -0.25) is 9.59 Å². The van der Waals surface area contributed by atoms with E-state index in [0.29, 0.717) is 0 Å². The Morgan fingerprint density at radius 1 is 1.30 bits per heavy atom. The fourth-order valence-corrected chi connectivity index (χ4v) is 2.71. The second-order valence-corrected chi connectivity index (χ2v) is 5.65. The monoisotopic (exact) mass is 284 g/mol. The van der Waals surface area contributed by atoms with Gasteiger partial charge in [0.05, 0.1) is 19.6 Å². The summed E-state index contributed by atoms with van der Waals surface area (Å²) in [4.78, 5) is 25.0. The van der Waals surface area contributed by atoms with Gasteiger partial charge in [0, 0.05) is 13.1 Å². The summed E-state index contributed by atoms with van der Waals surface area (Å²) < 4.78 is 4.54. The summed E-state index contributed by atoms with van der Waals surface area (Å²) in [5.41, 5.74) is 5.77. The maximum atomic E-state index is 12.1. The van der Waals surface area contributed by atoms with Crippen molar-refractivity contribution in [3.05, 3.63) is 0 Å². The van der Waals surface area contributed by atoms with Gasteiger partial charge in [0.15, 0.2) is 0 Å². The highest BCUT2D eigenvalue weighted by molar-refractivity contribution is 5.86. The van der Waals surface area contributed by atoms with E-state index in [1.165, 1.54) is 32.8 Å². The van der Waals surface area contributed by atoms with Crippen LogP contribution in [0.5, 0.6) is 0 Å². The first-order chi connectivity index (χ1) is 9.58. The second-order valence-electron chi connectivity index (χ2n) is 5.65. The van der Waals surface area contributed by atoms with E-state index < -0.39 is 12.0 Å². The molecule has 20 heavy (non-hydrogen) atoms. The van der Waals surface area contributed by atoms with Crippen LogP contribution in [-0.4, -0.2) is 43.0 Å². The summed E-state index contributed by atoms with van der Waals surface area (Å²) in [5.74, 6) is 0.185. The number of unbranched alkanes of at least 4 members (excludes halogenated alkanes) is 2. The zero-order valence-electron chi connectivity index (χ0n) is 12.8. The Morgan fingerprint density at radius 2 is 1.95 bits per heavy atom. The predicted molar refractivity (Wildman–Crippen MR) is 78.1 cm³/mol. The van der Waals surface area contributed by atoms with Crippen molar-refractivity contribution in [1.29, 1.82) is 0 Å². The molecule has 0 spiro atoms. The number of nitrogens with zero attached hydrogens (tertiary/aromatic N) is 1. The number of methoxy groups -OCH3 is 1. The van der Waals surface area contributed by atoms with Gasteiger partial charge in [-0.1, -0.05) is 32.6 Å².